The van der Waals surface area contributed by atoms with E-state index in [0.29, 0.717) is 0 Å². The molecule has 0 aliphatic rings. The standard InChI is InChI=1S/C24H32N2O5Si/c1-16(2)19(26-24(30)31-15-17-11-7-5-8-12-17)22(27)25-20(23(28)29)21(32(3)4)18-13-9-6-10-14-18/h5-14,16,19-21,32H,15H2,1-4H3,(H,25,27)(H,26,30)(H,28,29)/t19-,20?,21?/m0/s1. The van der Waals surface area contributed by atoms with Gasteiger partial charge in [-0.15, -0.1) is 0 Å². The molecule has 2 unspecified atom stereocenters. The SMILES string of the molecule is CC(C)[C@H](NC(=O)OCc1ccccc1)C(=O)NC(C(=O)O)C(c1ccccc1)[SiH](C)C. The first kappa shape index (κ1) is 25.1. The minimum absolute atomic E-state index is 0.0753. The molecule has 172 valence electrons. The lowest BCUT2D eigenvalue weighted by Crippen LogP contribution is -2.56. The van der Waals surface area contributed by atoms with E-state index in [9.17, 15) is 19.5 Å². The molecular formula is C24H32N2O5Si. The smallest absolute Gasteiger partial charge is 0.408 e. The van der Waals surface area contributed by atoms with E-state index in [-0.39, 0.29) is 18.1 Å². The summed E-state index contributed by atoms with van der Waals surface area (Å²) in [6.45, 7) is 7.75. The van der Waals surface area contributed by atoms with Crippen LogP contribution in [0.1, 0.15) is 30.5 Å². The maximum absolute atomic E-state index is 13.0. The second-order valence-corrected chi connectivity index (χ2v) is 11.6. The molecule has 0 heterocycles. The van der Waals surface area contributed by atoms with Crippen molar-refractivity contribution in [3.05, 3.63) is 71.8 Å². The molecule has 7 nitrogen and oxygen atoms in total. The van der Waals surface area contributed by atoms with Crippen LogP contribution in [0.5, 0.6) is 0 Å². The molecular weight excluding hydrogens is 424 g/mol. The van der Waals surface area contributed by atoms with Crippen LogP contribution in [0, 0.1) is 5.92 Å². The van der Waals surface area contributed by atoms with Crippen molar-refractivity contribution in [1.82, 2.24) is 10.6 Å². The van der Waals surface area contributed by atoms with Crippen LogP contribution >= 0.6 is 0 Å². The monoisotopic (exact) mass is 456 g/mol. The fraction of sp³-hybridized carbons (Fsp3) is 0.375. The van der Waals surface area contributed by atoms with E-state index < -0.39 is 38.9 Å². The Kier molecular flexibility index (Phi) is 9.46. The number of carboxylic acids is 1. The highest BCUT2D eigenvalue weighted by atomic mass is 28.3. The first-order chi connectivity index (χ1) is 15.2. The zero-order chi connectivity index (χ0) is 23.7. The Balaban J connectivity index is 2.11. The van der Waals surface area contributed by atoms with Gasteiger partial charge in [-0.3, -0.25) is 4.79 Å². The van der Waals surface area contributed by atoms with E-state index in [2.05, 4.69) is 23.7 Å². The number of hydrogen-bond donors (Lipinski definition) is 3. The van der Waals surface area contributed by atoms with E-state index >= 15 is 0 Å². The summed E-state index contributed by atoms with van der Waals surface area (Å²) >= 11 is 0. The Bertz CT molecular complexity index is 890. The first-order valence-corrected chi connectivity index (χ1v) is 13.7. The van der Waals surface area contributed by atoms with Crippen LogP contribution in [0.25, 0.3) is 0 Å². The van der Waals surface area contributed by atoms with Crippen molar-refractivity contribution >= 4 is 26.8 Å². The predicted octanol–water partition coefficient (Wildman–Crippen LogP) is 3.32. The number of benzene rings is 2. The summed E-state index contributed by atoms with van der Waals surface area (Å²) < 4.78 is 5.23. The van der Waals surface area contributed by atoms with Crippen LogP contribution in [0.4, 0.5) is 4.79 Å². The number of carbonyl (C=O) groups excluding carboxylic acids is 2. The molecule has 3 atom stereocenters. The van der Waals surface area contributed by atoms with Crippen LogP contribution in [-0.2, 0) is 20.9 Å². The first-order valence-electron chi connectivity index (χ1n) is 10.8. The molecule has 3 N–H and O–H groups in total. The number of ether oxygens (including phenoxy) is 1. The van der Waals surface area contributed by atoms with Gasteiger partial charge in [0.1, 0.15) is 18.7 Å². The van der Waals surface area contributed by atoms with Crippen molar-refractivity contribution in [3.63, 3.8) is 0 Å². The molecule has 2 rings (SSSR count). The zero-order valence-electron chi connectivity index (χ0n) is 18.9. The zero-order valence-corrected chi connectivity index (χ0v) is 20.1. The minimum Gasteiger partial charge on any atom is -0.480 e. The molecule has 0 fully saturated rings. The maximum Gasteiger partial charge on any atom is 0.408 e. The van der Waals surface area contributed by atoms with Gasteiger partial charge in [0, 0.05) is 14.3 Å². The van der Waals surface area contributed by atoms with Crippen LogP contribution in [0.3, 0.4) is 0 Å². The minimum atomic E-state index is -1.52. The second-order valence-electron chi connectivity index (χ2n) is 8.43. The number of rotatable bonds is 10. The van der Waals surface area contributed by atoms with Gasteiger partial charge in [0.15, 0.2) is 0 Å². The summed E-state index contributed by atoms with van der Waals surface area (Å²) in [7, 11) is -1.52. The molecule has 0 saturated carbocycles. The molecule has 0 aliphatic heterocycles. The van der Waals surface area contributed by atoms with Gasteiger partial charge in [0.2, 0.25) is 5.91 Å². The summed E-state index contributed by atoms with van der Waals surface area (Å²) in [5.41, 5.74) is 1.42. The topological polar surface area (TPSA) is 105 Å². The molecule has 2 aromatic carbocycles. The summed E-state index contributed by atoms with van der Waals surface area (Å²) in [5.74, 6) is -1.90. The van der Waals surface area contributed by atoms with Crippen LogP contribution < -0.4 is 10.6 Å². The Morgan fingerprint density at radius 3 is 1.97 bits per heavy atom. The third-order valence-corrected chi connectivity index (χ3v) is 7.47. The van der Waals surface area contributed by atoms with E-state index in [1.807, 2.05) is 60.7 Å². The van der Waals surface area contributed by atoms with Crippen molar-refractivity contribution in [2.24, 2.45) is 5.92 Å². The van der Waals surface area contributed by atoms with E-state index in [0.717, 1.165) is 11.1 Å². The maximum atomic E-state index is 13.0. The lowest BCUT2D eigenvalue weighted by molar-refractivity contribution is -0.142. The Morgan fingerprint density at radius 1 is 0.906 bits per heavy atom. The molecule has 0 spiro atoms. The lowest BCUT2D eigenvalue weighted by atomic mass is 10.0. The summed E-state index contributed by atoms with van der Waals surface area (Å²) in [6.07, 6.45) is -0.729. The predicted molar refractivity (Wildman–Crippen MR) is 126 cm³/mol. The number of hydrogen-bond acceptors (Lipinski definition) is 4. The van der Waals surface area contributed by atoms with Crippen molar-refractivity contribution < 1.29 is 24.2 Å². The number of aliphatic carboxylic acids is 1. The molecule has 0 saturated heterocycles. The van der Waals surface area contributed by atoms with Gasteiger partial charge >= 0.3 is 12.1 Å². The quantitative estimate of drug-likeness (QED) is 0.476. The highest BCUT2D eigenvalue weighted by molar-refractivity contribution is 6.58. The van der Waals surface area contributed by atoms with Gasteiger partial charge in [0.25, 0.3) is 0 Å². The van der Waals surface area contributed by atoms with Crippen molar-refractivity contribution in [2.45, 2.75) is 51.2 Å². The van der Waals surface area contributed by atoms with Gasteiger partial charge in [-0.1, -0.05) is 87.6 Å². The summed E-state index contributed by atoms with van der Waals surface area (Å²) in [6, 6.07) is 16.6. The molecule has 8 heteroatoms. The number of nitrogens with one attached hydrogen (secondary N) is 2. The average molecular weight is 457 g/mol. The van der Waals surface area contributed by atoms with E-state index in [4.69, 9.17) is 4.74 Å². The van der Waals surface area contributed by atoms with Gasteiger partial charge in [0.05, 0.1) is 0 Å². The van der Waals surface area contributed by atoms with Crippen LogP contribution in [0.2, 0.25) is 13.1 Å². The number of alkyl carbamates (subject to hydrolysis) is 1. The highest BCUT2D eigenvalue weighted by Gasteiger charge is 2.36. The lowest BCUT2D eigenvalue weighted by Gasteiger charge is -2.30. The largest absolute Gasteiger partial charge is 0.480 e. The number of carboxylic acid groups (broad SMARTS) is 1. The molecule has 2 aromatic rings. The van der Waals surface area contributed by atoms with Crippen LogP contribution in [-0.4, -0.2) is 44.0 Å². The van der Waals surface area contributed by atoms with Crippen molar-refractivity contribution in [2.75, 3.05) is 0 Å². The normalized spacial score (nSPS) is 13.8. The summed E-state index contributed by atoms with van der Waals surface area (Å²) in [5, 5.41) is 15.2. The van der Waals surface area contributed by atoms with Gasteiger partial charge in [-0.2, -0.15) is 0 Å². The fourth-order valence-corrected chi connectivity index (χ4v) is 5.64. The molecule has 0 aliphatic carbocycles. The highest BCUT2D eigenvalue weighted by Crippen LogP contribution is 2.24. The fourth-order valence-electron chi connectivity index (χ4n) is 3.61. The number of carbonyl (C=O) groups is 3. The van der Waals surface area contributed by atoms with Gasteiger partial charge in [-0.25, -0.2) is 9.59 Å². The third kappa shape index (κ3) is 7.23. The molecule has 0 bridgehead atoms. The van der Waals surface area contributed by atoms with E-state index in [1.54, 1.807) is 13.8 Å². The molecule has 32 heavy (non-hydrogen) atoms. The number of amides is 2. The third-order valence-electron chi connectivity index (χ3n) is 5.26. The second kappa shape index (κ2) is 12.0. The van der Waals surface area contributed by atoms with E-state index in [1.165, 1.54) is 0 Å². The Morgan fingerprint density at radius 2 is 1.47 bits per heavy atom. The van der Waals surface area contributed by atoms with Crippen LogP contribution in [0.15, 0.2) is 60.7 Å². The van der Waals surface area contributed by atoms with Crippen molar-refractivity contribution in [3.8, 4) is 0 Å². The Hall–Kier alpha value is -3.13. The van der Waals surface area contributed by atoms with Gasteiger partial charge < -0.3 is 20.5 Å². The molecule has 2 amide bonds. The van der Waals surface area contributed by atoms with Crippen molar-refractivity contribution in [1.29, 1.82) is 0 Å². The summed E-state index contributed by atoms with van der Waals surface area (Å²) in [4.78, 5) is 37.5. The van der Waals surface area contributed by atoms with Gasteiger partial charge in [-0.05, 0) is 17.0 Å². The Labute approximate surface area is 190 Å². The molecule has 0 aromatic heterocycles. The molecule has 0 radical (unpaired) electrons. The average Bonchev–Trinajstić information content (AvgIpc) is 2.76.